The molecule has 1 heteroatoms. The van der Waals surface area contributed by atoms with E-state index in [4.69, 9.17) is 0 Å². The van der Waals surface area contributed by atoms with E-state index in [-0.39, 0.29) is 5.41 Å². The van der Waals surface area contributed by atoms with Crippen LogP contribution < -0.4 is 0 Å². The molecule has 1 nitrogen and oxygen atoms in total. The zero-order valence-corrected chi connectivity index (χ0v) is 7.13. The number of allylic oxidation sites excluding steroid dienone is 2. The molecule has 0 aromatic carbocycles. The molecule has 0 spiro atoms. The fraction of sp³-hybridized carbons (Fsp3) is 0.700. The lowest BCUT2D eigenvalue weighted by Crippen LogP contribution is -2.24. The number of hydrogen-bond acceptors (Lipinski definition) is 1. The van der Waals surface area contributed by atoms with E-state index in [0.29, 0.717) is 17.6 Å². The van der Waals surface area contributed by atoms with Crippen LogP contribution in [-0.4, -0.2) is 5.78 Å². The highest BCUT2D eigenvalue weighted by molar-refractivity contribution is 5.89. The van der Waals surface area contributed by atoms with Crippen molar-refractivity contribution >= 4 is 5.78 Å². The Kier molecular flexibility index (Phi) is 1.26. The first-order valence-corrected chi connectivity index (χ1v) is 4.33. The first-order valence-electron chi connectivity index (χ1n) is 4.33. The summed E-state index contributed by atoms with van der Waals surface area (Å²) in [4.78, 5) is 11.7. The molecule has 0 amide bonds. The summed E-state index contributed by atoms with van der Waals surface area (Å²) in [6, 6.07) is 0. The van der Waals surface area contributed by atoms with Gasteiger partial charge in [0.1, 0.15) is 5.78 Å². The van der Waals surface area contributed by atoms with E-state index < -0.39 is 0 Å². The molecule has 1 fully saturated rings. The Bertz CT molecular complexity index is 225. The molecule has 2 aliphatic carbocycles. The zero-order valence-electron chi connectivity index (χ0n) is 7.13. The van der Waals surface area contributed by atoms with Crippen LogP contribution in [0.3, 0.4) is 0 Å². The van der Waals surface area contributed by atoms with Gasteiger partial charge in [-0.2, -0.15) is 0 Å². The number of rotatable bonds is 0. The molecule has 2 aliphatic rings. The standard InChI is InChI=1S/C10H14O/c1-10(2)8-5-3-4-7(6-8)9(10)11/h3,5,7-8H,4,6H2,1-2H3. The van der Waals surface area contributed by atoms with Gasteiger partial charge in [0.15, 0.2) is 0 Å². The van der Waals surface area contributed by atoms with Gasteiger partial charge >= 0.3 is 0 Å². The highest BCUT2D eigenvalue weighted by Gasteiger charge is 2.47. The van der Waals surface area contributed by atoms with Gasteiger partial charge in [0.25, 0.3) is 0 Å². The molecule has 1 saturated carbocycles. The molecule has 2 unspecified atom stereocenters. The minimum atomic E-state index is -0.0718. The molecule has 11 heavy (non-hydrogen) atoms. The molecule has 0 aromatic rings. The predicted molar refractivity (Wildman–Crippen MR) is 44.1 cm³/mol. The second-order valence-corrected chi connectivity index (χ2v) is 4.29. The van der Waals surface area contributed by atoms with Crippen LogP contribution in [0.4, 0.5) is 0 Å². The second-order valence-electron chi connectivity index (χ2n) is 4.29. The van der Waals surface area contributed by atoms with Crippen LogP contribution in [0.1, 0.15) is 26.7 Å². The maximum absolute atomic E-state index is 11.7. The van der Waals surface area contributed by atoms with E-state index in [2.05, 4.69) is 26.0 Å². The number of Topliss-reactive ketones (excluding diaryl/α,β-unsaturated/α-hetero) is 1. The molecule has 0 saturated heterocycles. The normalized spacial score (nSPS) is 39.6. The lowest BCUT2D eigenvalue weighted by Gasteiger charge is -2.21. The molecule has 0 N–H and O–H groups in total. The van der Waals surface area contributed by atoms with Crippen molar-refractivity contribution in [3.05, 3.63) is 12.2 Å². The number of ketones is 1. The summed E-state index contributed by atoms with van der Waals surface area (Å²) in [5.74, 6) is 1.35. The Balaban J connectivity index is 2.39. The monoisotopic (exact) mass is 150 g/mol. The molecule has 0 aliphatic heterocycles. The number of carbonyl (C=O) groups is 1. The van der Waals surface area contributed by atoms with Crippen molar-refractivity contribution in [2.24, 2.45) is 17.3 Å². The maximum Gasteiger partial charge on any atom is 0.142 e. The highest BCUT2D eigenvalue weighted by atomic mass is 16.1. The average molecular weight is 150 g/mol. The van der Waals surface area contributed by atoms with Crippen molar-refractivity contribution in [1.82, 2.24) is 0 Å². The van der Waals surface area contributed by atoms with E-state index in [0.717, 1.165) is 12.8 Å². The molecule has 2 atom stereocenters. The summed E-state index contributed by atoms with van der Waals surface area (Å²) >= 11 is 0. The third kappa shape index (κ3) is 0.800. The van der Waals surface area contributed by atoms with Crippen LogP contribution >= 0.6 is 0 Å². The van der Waals surface area contributed by atoms with Crippen LogP contribution in [0.2, 0.25) is 0 Å². The van der Waals surface area contributed by atoms with Gasteiger partial charge in [0, 0.05) is 11.3 Å². The van der Waals surface area contributed by atoms with E-state index in [1.807, 2.05) is 0 Å². The molecule has 0 radical (unpaired) electrons. The van der Waals surface area contributed by atoms with E-state index >= 15 is 0 Å². The fourth-order valence-corrected chi connectivity index (χ4v) is 2.35. The van der Waals surface area contributed by atoms with Gasteiger partial charge in [-0.15, -0.1) is 0 Å². The Hall–Kier alpha value is -0.590. The smallest absolute Gasteiger partial charge is 0.142 e. The van der Waals surface area contributed by atoms with Crippen LogP contribution in [0.5, 0.6) is 0 Å². The summed E-state index contributed by atoms with van der Waals surface area (Å²) in [5.41, 5.74) is -0.0718. The van der Waals surface area contributed by atoms with Gasteiger partial charge in [0.05, 0.1) is 0 Å². The average Bonchev–Trinajstić information content (AvgIpc) is 2.15. The van der Waals surface area contributed by atoms with E-state index in [1.165, 1.54) is 0 Å². The second kappa shape index (κ2) is 1.96. The van der Waals surface area contributed by atoms with Crippen molar-refractivity contribution in [3.63, 3.8) is 0 Å². The van der Waals surface area contributed by atoms with Gasteiger partial charge in [0.2, 0.25) is 0 Å². The third-order valence-corrected chi connectivity index (χ3v) is 3.26. The number of carbonyl (C=O) groups excluding carboxylic acids is 1. The van der Waals surface area contributed by atoms with Gasteiger partial charge < -0.3 is 0 Å². The van der Waals surface area contributed by atoms with Crippen LogP contribution in [0.25, 0.3) is 0 Å². The Morgan fingerprint density at radius 1 is 1.55 bits per heavy atom. The summed E-state index contributed by atoms with van der Waals surface area (Å²) < 4.78 is 0. The Morgan fingerprint density at radius 2 is 2.27 bits per heavy atom. The molecule has 60 valence electrons. The van der Waals surface area contributed by atoms with Crippen molar-refractivity contribution in [2.45, 2.75) is 26.7 Å². The summed E-state index contributed by atoms with van der Waals surface area (Å²) in [6.45, 7) is 4.16. The minimum Gasteiger partial charge on any atom is -0.299 e. The van der Waals surface area contributed by atoms with E-state index in [1.54, 1.807) is 0 Å². The van der Waals surface area contributed by atoms with E-state index in [9.17, 15) is 4.79 Å². The van der Waals surface area contributed by atoms with Crippen LogP contribution in [0, 0.1) is 17.3 Å². The topological polar surface area (TPSA) is 17.1 Å². The van der Waals surface area contributed by atoms with Crippen molar-refractivity contribution in [1.29, 1.82) is 0 Å². The van der Waals surface area contributed by atoms with Gasteiger partial charge in [-0.3, -0.25) is 4.79 Å². The fourth-order valence-electron chi connectivity index (χ4n) is 2.35. The molecule has 2 bridgehead atoms. The van der Waals surface area contributed by atoms with Crippen molar-refractivity contribution < 1.29 is 4.79 Å². The quantitative estimate of drug-likeness (QED) is 0.484. The van der Waals surface area contributed by atoms with Crippen LogP contribution in [0.15, 0.2) is 12.2 Å². The Labute approximate surface area is 67.5 Å². The molecule has 0 heterocycles. The largest absolute Gasteiger partial charge is 0.299 e. The molecular weight excluding hydrogens is 136 g/mol. The third-order valence-electron chi connectivity index (χ3n) is 3.26. The summed E-state index contributed by atoms with van der Waals surface area (Å²) in [6.07, 6.45) is 6.48. The van der Waals surface area contributed by atoms with Gasteiger partial charge in [-0.1, -0.05) is 26.0 Å². The Morgan fingerprint density at radius 3 is 2.82 bits per heavy atom. The minimum absolute atomic E-state index is 0.0718. The van der Waals surface area contributed by atoms with Gasteiger partial charge in [-0.25, -0.2) is 0 Å². The zero-order chi connectivity index (χ0) is 8.06. The van der Waals surface area contributed by atoms with Crippen molar-refractivity contribution in [2.75, 3.05) is 0 Å². The lowest BCUT2D eigenvalue weighted by atomic mass is 9.81. The molecule has 2 rings (SSSR count). The molecule has 0 aromatic heterocycles. The summed E-state index contributed by atoms with van der Waals surface area (Å²) in [5, 5.41) is 0. The first-order chi connectivity index (χ1) is 5.12. The number of hydrogen-bond donors (Lipinski definition) is 0. The van der Waals surface area contributed by atoms with Gasteiger partial charge in [-0.05, 0) is 18.8 Å². The maximum atomic E-state index is 11.7. The highest BCUT2D eigenvalue weighted by Crippen LogP contribution is 2.47. The predicted octanol–water partition coefficient (Wildman–Crippen LogP) is 2.18. The first kappa shape index (κ1) is 7.08. The van der Waals surface area contributed by atoms with Crippen molar-refractivity contribution in [3.8, 4) is 0 Å². The number of fused-ring (bicyclic) bond motifs is 2. The lowest BCUT2D eigenvalue weighted by molar-refractivity contribution is -0.127. The van der Waals surface area contributed by atoms with Crippen LogP contribution in [-0.2, 0) is 4.79 Å². The summed E-state index contributed by atoms with van der Waals surface area (Å²) in [7, 11) is 0. The SMILES string of the molecule is CC1(C)C(=O)C2CC=CC1C2. The molecular formula is C10H14O.